The zero-order valence-electron chi connectivity index (χ0n) is 4.70. The highest BCUT2D eigenvalue weighted by atomic mass is 14.5. The van der Waals surface area contributed by atoms with Crippen LogP contribution in [0.2, 0.25) is 0 Å². The molecule has 2 N–H and O–H groups in total. The zero-order valence-corrected chi connectivity index (χ0v) is 4.70. The smallest absolute Gasteiger partial charge is 0.0551 e. The second-order valence-corrected chi connectivity index (χ2v) is 1.31. The van der Waals surface area contributed by atoms with Crippen molar-refractivity contribution >= 4 is 0 Å². The van der Waals surface area contributed by atoms with Gasteiger partial charge in [-0.25, -0.2) is 0 Å². The van der Waals surface area contributed by atoms with Crippen molar-refractivity contribution < 1.29 is 0 Å². The van der Waals surface area contributed by atoms with E-state index < -0.39 is 0 Å². The Morgan fingerprint density at radius 1 is 1.43 bits per heavy atom. The van der Waals surface area contributed by atoms with Crippen LogP contribution in [0.15, 0.2) is 0 Å². The standard InChI is InChI=1S/C6H11N/c1-2-3-4-5-6-7/h2-3,6-7H2,1H3. The molecule has 0 heterocycles. The van der Waals surface area contributed by atoms with Crippen LogP contribution in [0.3, 0.4) is 0 Å². The van der Waals surface area contributed by atoms with Crippen molar-refractivity contribution in [3.8, 4) is 11.8 Å². The minimum atomic E-state index is 0.500. The maximum atomic E-state index is 5.10. The molecule has 7 heavy (non-hydrogen) atoms. The lowest BCUT2D eigenvalue weighted by Crippen LogP contribution is -1.92. The van der Waals surface area contributed by atoms with E-state index in [-0.39, 0.29) is 0 Å². The Hall–Kier alpha value is -0.480. The van der Waals surface area contributed by atoms with Crippen molar-refractivity contribution in [2.75, 3.05) is 6.54 Å². The molecular weight excluding hydrogens is 86.1 g/mol. The van der Waals surface area contributed by atoms with Crippen LogP contribution in [-0.2, 0) is 0 Å². The second kappa shape index (κ2) is 5.52. The lowest BCUT2D eigenvalue weighted by Gasteiger charge is -1.74. The largest absolute Gasteiger partial charge is 0.320 e. The first kappa shape index (κ1) is 6.52. The number of nitrogens with two attached hydrogens (primary N) is 1. The molecule has 1 heteroatoms. The second-order valence-electron chi connectivity index (χ2n) is 1.31. The molecule has 0 amide bonds. The molecule has 0 aliphatic heterocycles. The fourth-order valence-electron chi connectivity index (χ4n) is 0.286. The predicted octanol–water partition coefficient (Wildman–Crippen LogP) is 0.749. The summed E-state index contributed by atoms with van der Waals surface area (Å²) < 4.78 is 0. The molecule has 40 valence electrons. The molecule has 0 saturated heterocycles. The summed E-state index contributed by atoms with van der Waals surface area (Å²) in [5, 5.41) is 0. The SMILES string of the molecule is CCCC#CCN. The summed E-state index contributed by atoms with van der Waals surface area (Å²) in [6.45, 7) is 2.60. The van der Waals surface area contributed by atoms with Crippen LogP contribution in [0.1, 0.15) is 19.8 Å². The summed E-state index contributed by atoms with van der Waals surface area (Å²) in [4.78, 5) is 0. The summed E-state index contributed by atoms with van der Waals surface area (Å²) in [7, 11) is 0. The quantitative estimate of drug-likeness (QED) is 0.480. The van der Waals surface area contributed by atoms with Gasteiger partial charge in [-0.15, -0.1) is 5.92 Å². The normalized spacial score (nSPS) is 7.14. The summed E-state index contributed by atoms with van der Waals surface area (Å²) in [6.07, 6.45) is 2.12. The van der Waals surface area contributed by atoms with E-state index in [0.717, 1.165) is 12.8 Å². The van der Waals surface area contributed by atoms with Crippen molar-refractivity contribution in [2.24, 2.45) is 5.73 Å². The van der Waals surface area contributed by atoms with E-state index in [2.05, 4.69) is 18.8 Å². The van der Waals surface area contributed by atoms with Gasteiger partial charge in [0.05, 0.1) is 6.54 Å². The zero-order chi connectivity index (χ0) is 5.54. The summed E-state index contributed by atoms with van der Waals surface area (Å²) in [6, 6.07) is 0. The molecule has 0 aromatic rings. The Morgan fingerprint density at radius 2 is 2.14 bits per heavy atom. The van der Waals surface area contributed by atoms with Gasteiger partial charge in [0.15, 0.2) is 0 Å². The van der Waals surface area contributed by atoms with Crippen LogP contribution >= 0.6 is 0 Å². The monoisotopic (exact) mass is 97.1 g/mol. The van der Waals surface area contributed by atoms with Gasteiger partial charge in [0, 0.05) is 6.42 Å². The fourth-order valence-corrected chi connectivity index (χ4v) is 0.286. The topological polar surface area (TPSA) is 26.0 Å². The van der Waals surface area contributed by atoms with Gasteiger partial charge in [-0.1, -0.05) is 12.8 Å². The molecule has 0 aromatic carbocycles. The van der Waals surface area contributed by atoms with Crippen molar-refractivity contribution in [1.29, 1.82) is 0 Å². The van der Waals surface area contributed by atoms with Crippen LogP contribution in [0.4, 0.5) is 0 Å². The van der Waals surface area contributed by atoms with Gasteiger partial charge in [0.2, 0.25) is 0 Å². The third-order valence-electron chi connectivity index (χ3n) is 0.602. The van der Waals surface area contributed by atoms with E-state index in [0.29, 0.717) is 6.54 Å². The molecule has 0 radical (unpaired) electrons. The molecule has 0 aliphatic rings. The third-order valence-corrected chi connectivity index (χ3v) is 0.602. The summed E-state index contributed by atoms with van der Waals surface area (Å²) in [5.74, 6) is 5.69. The van der Waals surface area contributed by atoms with E-state index in [1.165, 1.54) is 0 Å². The molecule has 0 aromatic heterocycles. The maximum absolute atomic E-state index is 5.10. The molecule has 0 fully saturated rings. The van der Waals surface area contributed by atoms with Crippen molar-refractivity contribution in [3.05, 3.63) is 0 Å². The van der Waals surface area contributed by atoms with Crippen LogP contribution in [-0.4, -0.2) is 6.54 Å². The van der Waals surface area contributed by atoms with Crippen molar-refractivity contribution in [1.82, 2.24) is 0 Å². The van der Waals surface area contributed by atoms with Gasteiger partial charge in [-0.3, -0.25) is 0 Å². The highest BCUT2D eigenvalue weighted by Crippen LogP contribution is 1.79. The molecule has 0 rings (SSSR count). The van der Waals surface area contributed by atoms with Crippen molar-refractivity contribution in [2.45, 2.75) is 19.8 Å². The molecule has 0 spiro atoms. The van der Waals surface area contributed by atoms with E-state index in [9.17, 15) is 0 Å². The van der Waals surface area contributed by atoms with Gasteiger partial charge in [0.25, 0.3) is 0 Å². The van der Waals surface area contributed by atoms with Crippen molar-refractivity contribution in [3.63, 3.8) is 0 Å². The molecule has 0 bridgehead atoms. The lowest BCUT2D eigenvalue weighted by molar-refractivity contribution is 0.982. The van der Waals surface area contributed by atoms with Crippen LogP contribution in [0.25, 0.3) is 0 Å². The Bertz CT molecular complexity index is 75.9. The number of rotatable bonds is 1. The Labute approximate surface area is 44.9 Å². The first-order valence-electron chi connectivity index (χ1n) is 2.57. The molecule has 0 aliphatic carbocycles. The third kappa shape index (κ3) is 5.52. The number of hydrogen-bond acceptors (Lipinski definition) is 1. The number of hydrogen-bond donors (Lipinski definition) is 1. The van der Waals surface area contributed by atoms with E-state index in [1.54, 1.807) is 0 Å². The van der Waals surface area contributed by atoms with E-state index in [4.69, 9.17) is 5.73 Å². The molecule has 1 nitrogen and oxygen atoms in total. The van der Waals surface area contributed by atoms with Gasteiger partial charge < -0.3 is 5.73 Å². The molecule has 0 unspecified atom stereocenters. The minimum absolute atomic E-state index is 0.500. The maximum Gasteiger partial charge on any atom is 0.0551 e. The van der Waals surface area contributed by atoms with E-state index >= 15 is 0 Å². The van der Waals surface area contributed by atoms with Crippen LogP contribution in [0, 0.1) is 11.8 Å². The van der Waals surface area contributed by atoms with Gasteiger partial charge in [-0.2, -0.15) is 0 Å². The summed E-state index contributed by atoms with van der Waals surface area (Å²) >= 11 is 0. The first-order valence-corrected chi connectivity index (χ1v) is 2.57. The Kier molecular flexibility index (Phi) is 5.14. The Morgan fingerprint density at radius 3 is 2.57 bits per heavy atom. The lowest BCUT2D eigenvalue weighted by atomic mass is 10.3. The molecular formula is C6H11N. The number of unbranched alkanes of at least 4 members (excludes halogenated alkanes) is 1. The van der Waals surface area contributed by atoms with Gasteiger partial charge >= 0.3 is 0 Å². The molecule has 0 saturated carbocycles. The van der Waals surface area contributed by atoms with Gasteiger partial charge in [0.1, 0.15) is 0 Å². The average molecular weight is 97.2 g/mol. The molecule has 0 atom stereocenters. The van der Waals surface area contributed by atoms with Crippen LogP contribution in [0.5, 0.6) is 0 Å². The van der Waals surface area contributed by atoms with Gasteiger partial charge in [-0.05, 0) is 6.42 Å². The predicted molar refractivity (Wildman–Crippen MR) is 31.7 cm³/mol. The highest BCUT2D eigenvalue weighted by molar-refractivity contribution is 4.99. The summed E-state index contributed by atoms with van der Waals surface area (Å²) in [5.41, 5.74) is 5.10. The Balaban J connectivity index is 2.91. The fraction of sp³-hybridized carbons (Fsp3) is 0.667. The highest BCUT2D eigenvalue weighted by Gasteiger charge is 1.65. The van der Waals surface area contributed by atoms with Crippen LogP contribution < -0.4 is 5.73 Å². The minimum Gasteiger partial charge on any atom is -0.320 e. The van der Waals surface area contributed by atoms with E-state index in [1.807, 2.05) is 0 Å². The average Bonchev–Trinajstić information content (AvgIpc) is 1.69. The first-order chi connectivity index (χ1) is 3.41.